The number of nitrogens with zero attached hydrogens (tertiary/aromatic N) is 3. The first-order valence-corrected chi connectivity index (χ1v) is 5.99. The van der Waals surface area contributed by atoms with Crippen molar-refractivity contribution in [2.75, 3.05) is 12.8 Å². The lowest BCUT2D eigenvalue weighted by atomic mass is 10.2. The average molecular weight is 254 g/mol. The summed E-state index contributed by atoms with van der Waals surface area (Å²) < 4.78 is 6.97. The zero-order chi connectivity index (χ0) is 13.2. The fraction of sp³-hybridized carbons (Fsp3) is 0.143. The third kappa shape index (κ3) is 2.10. The lowest BCUT2D eigenvalue weighted by Crippen LogP contribution is -2.04. The second kappa shape index (κ2) is 4.61. The summed E-state index contributed by atoms with van der Waals surface area (Å²) in [6.45, 7) is 0.564. The molecule has 3 rings (SSSR count). The molecule has 2 aromatic heterocycles. The van der Waals surface area contributed by atoms with Gasteiger partial charge in [0.2, 0.25) is 5.88 Å². The monoisotopic (exact) mass is 254 g/mol. The van der Waals surface area contributed by atoms with Gasteiger partial charge in [0.1, 0.15) is 0 Å². The number of nitrogen functional groups attached to an aromatic ring is 1. The molecule has 3 aromatic rings. The molecule has 1 aromatic carbocycles. The summed E-state index contributed by atoms with van der Waals surface area (Å²) in [7, 11) is 1.60. The maximum absolute atomic E-state index is 5.91. The number of nitrogens with two attached hydrogens (primary N) is 1. The van der Waals surface area contributed by atoms with Crippen LogP contribution in [0.15, 0.2) is 42.5 Å². The van der Waals surface area contributed by atoms with Crippen LogP contribution in [0.5, 0.6) is 5.88 Å². The molecular weight excluding hydrogens is 240 g/mol. The molecule has 0 saturated carbocycles. The van der Waals surface area contributed by atoms with Crippen LogP contribution < -0.4 is 10.5 Å². The highest BCUT2D eigenvalue weighted by Crippen LogP contribution is 2.20. The number of benzene rings is 1. The summed E-state index contributed by atoms with van der Waals surface area (Å²) in [4.78, 5) is 4.38. The van der Waals surface area contributed by atoms with Crippen LogP contribution in [-0.2, 0) is 6.54 Å². The Morgan fingerprint density at radius 1 is 1.16 bits per heavy atom. The number of para-hydroxylation sites is 1. The zero-order valence-electron chi connectivity index (χ0n) is 10.6. The summed E-state index contributed by atoms with van der Waals surface area (Å²) in [5.74, 6) is 1.14. The van der Waals surface area contributed by atoms with Gasteiger partial charge in [-0.3, -0.25) is 4.68 Å². The predicted octanol–water partition coefficient (Wildman–Crippen LogP) is 2.07. The summed E-state index contributed by atoms with van der Waals surface area (Å²) >= 11 is 0. The Balaban J connectivity index is 2.01. The van der Waals surface area contributed by atoms with Gasteiger partial charge in [-0.1, -0.05) is 18.2 Å². The van der Waals surface area contributed by atoms with Gasteiger partial charge >= 0.3 is 0 Å². The van der Waals surface area contributed by atoms with Crippen molar-refractivity contribution < 1.29 is 4.74 Å². The Hall–Kier alpha value is -2.56. The quantitative estimate of drug-likeness (QED) is 0.777. The summed E-state index contributed by atoms with van der Waals surface area (Å²) in [6.07, 6.45) is 0. The fourth-order valence-corrected chi connectivity index (χ4v) is 2.09. The third-order valence-electron chi connectivity index (χ3n) is 2.99. The first-order valence-electron chi connectivity index (χ1n) is 5.99. The zero-order valence-corrected chi connectivity index (χ0v) is 10.6. The average Bonchev–Trinajstić information content (AvgIpc) is 2.76. The van der Waals surface area contributed by atoms with Crippen LogP contribution >= 0.6 is 0 Å². The fourth-order valence-electron chi connectivity index (χ4n) is 2.09. The maximum Gasteiger partial charge on any atom is 0.213 e. The topological polar surface area (TPSA) is 66.0 Å². The van der Waals surface area contributed by atoms with Gasteiger partial charge in [-0.15, -0.1) is 0 Å². The molecule has 0 aliphatic heterocycles. The van der Waals surface area contributed by atoms with Crippen molar-refractivity contribution >= 4 is 16.7 Å². The molecule has 5 nitrogen and oxygen atoms in total. The molecule has 0 spiro atoms. The number of fused-ring (bicyclic) bond motifs is 1. The van der Waals surface area contributed by atoms with E-state index in [1.165, 1.54) is 0 Å². The lowest BCUT2D eigenvalue weighted by molar-refractivity contribution is 0.395. The Labute approximate surface area is 110 Å². The molecule has 2 N–H and O–H groups in total. The highest BCUT2D eigenvalue weighted by molar-refractivity contribution is 5.89. The van der Waals surface area contributed by atoms with E-state index in [1.54, 1.807) is 7.11 Å². The number of aromatic nitrogens is 3. The number of hydrogen-bond acceptors (Lipinski definition) is 4. The van der Waals surface area contributed by atoms with E-state index in [1.807, 2.05) is 47.1 Å². The van der Waals surface area contributed by atoms with E-state index < -0.39 is 0 Å². The van der Waals surface area contributed by atoms with Crippen LogP contribution in [-0.4, -0.2) is 21.9 Å². The van der Waals surface area contributed by atoms with Crippen molar-refractivity contribution in [3.05, 3.63) is 48.2 Å². The maximum atomic E-state index is 5.91. The highest BCUT2D eigenvalue weighted by atomic mass is 16.5. The molecule has 0 amide bonds. The van der Waals surface area contributed by atoms with E-state index in [-0.39, 0.29) is 0 Å². The number of hydrogen-bond donors (Lipinski definition) is 1. The van der Waals surface area contributed by atoms with Crippen molar-refractivity contribution in [2.24, 2.45) is 0 Å². The van der Waals surface area contributed by atoms with Gasteiger partial charge in [-0.05, 0) is 18.2 Å². The van der Waals surface area contributed by atoms with E-state index in [0.29, 0.717) is 18.2 Å². The van der Waals surface area contributed by atoms with Gasteiger partial charge in [-0.25, -0.2) is 4.98 Å². The third-order valence-corrected chi connectivity index (χ3v) is 2.99. The Morgan fingerprint density at radius 3 is 2.84 bits per heavy atom. The first kappa shape index (κ1) is 11.5. The second-order valence-electron chi connectivity index (χ2n) is 4.23. The predicted molar refractivity (Wildman–Crippen MR) is 74.0 cm³/mol. The van der Waals surface area contributed by atoms with E-state index in [4.69, 9.17) is 10.5 Å². The molecule has 0 saturated heterocycles. The summed E-state index contributed by atoms with van der Waals surface area (Å²) in [6, 6.07) is 13.6. The molecule has 96 valence electrons. The molecule has 5 heteroatoms. The van der Waals surface area contributed by atoms with E-state index >= 15 is 0 Å². The van der Waals surface area contributed by atoms with Gasteiger partial charge < -0.3 is 10.5 Å². The highest BCUT2D eigenvalue weighted by Gasteiger charge is 2.08. The standard InChI is InChI=1S/C14H14N4O/c1-19-13-8-4-5-10(16-13)9-18-12-7-3-2-6-11(12)14(15)17-18/h2-8H,9H2,1H3,(H2,15,17). The van der Waals surface area contributed by atoms with Crippen LogP contribution in [0.2, 0.25) is 0 Å². The van der Waals surface area contributed by atoms with Gasteiger partial charge in [0.05, 0.1) is 24.9 Å². The Morgan fingerprint density at radius 2 is 2.00 bits per heavy atom. The Kier molecular flexibility index (Phi) is 2.79. The second-order valence-corrected chi connectivity index (χ2v) is 4.23. The van der Waals surface area contributed by atoms with Crippen LogP contribution in [0.1, 0.15) is 5.69 Å². The van der Waals surface area contributed by atoms with Gasteiger partial charge in [0.25, 0.3) is 0 Å². The number of pyridine rings is 1. The number of methoxy groups -OCH3 is 1. The van der Waals surface area contributed by atoms with Crippen LogP contribution in [0.3, 0.4) is 0 Å². The smallest absolute Gasteiger partial charge is 0.213 e. The largest absolute Gasteiger partial charge is 0.481 e. The molecule has 0 unspecified atom stereocenters. The van der Waals surface area contributed by atoms with Crippen molar-refractivity contribution in [1.82, 2.24) is 14.8 Å². The molecule has 19 heavy (non-hydrogen) atoms. The normalized spacial score (nSPS) is 10.8. The molecule has 2 heterocycles. The van der Waals surface area contributed by atoms with Gasteiger partial charge in [0.15, 0.2) is 5.82 Å². The number of rotatable bonds is 3. The minimum Gasteiger partial charge on any atom is -0.481 e. The van der Waals surface area contributed by atoms with Crippen molar-refractivity contribution in [3.8, 4) is 5.88 Å². The van der Waals surface area contributed by atoms with Gasteiger partial charge in [-0.2, -0.15) is 5.10 Å². The van der Waals surface area contributed by atoms with Crippen molar-refractivity contribution in [1.29, 1.82) is 0 Å². The number of anilines is 1. The lowest BCUT2D eigenvalue weighted by Gasteiger charge is -2.04. The van der Waals surface area contributed by atoms with Gasteiger partial charge in [0, 0.05) is 11.5 Å². The minimum absolute atomic E-state index is 0.540. The molecule has 0 fully saturated rings. The summed E-state index contributed by atoms with van der Waals surface area (Å²) in [5.41, 5.74) is 7.80. The van der Waals surface area contributed by atoms with Crippen LogP contribution in [0, 0.1) is 0 Å². The van der Waals surface area contributed by atoms with Crippen molar-refractivity contribution in [2.45, 2.75) is 6.54 Å². The minimum atomic E-state index is 0.540. The van der Waals surface area contributed by atoms with Crippen LogP contribution in [0.4, 0.5) is 5.82 Å². The first-order chi connectivity index (χ1) is 9.28. The number of ether oxygens (including phenoxy) is 1. The van der Waals surface area contributed by atoms with Crippen LogP contribution in [0.25, 0.3) is 10.9 Å². The molecule has 0 aliphatic rings. The summed E-state index contributed by atoms with van der Waals surface area (Å²) in [5, 5.41) is 5.32. The molecular formula is C14H14N4O. The molecule has 0 atom stereocenters. The van der Waals surface area contributed by atoms with E-state index in [9.17, 15) is 0 Å². The molecule has 0 bridgehead atoms. The molecule has 0 aliphatic carbocycles. The van der Waals surface area contributed by atoms with Crippen molar-refractivity contribution in [3.63, 3.8) is 0 Å². The van der Waals surface area contributed by atoms with E-state index in [0.717, 1.165) is 16.6 Å². The molecule has 0 radical (unpaired) electrons. The van der Waals surface area contributed by atoms with E-state index in [2.05, 4.69) is 10.1 Å². The Bertz CT molecular complexity index is 720. The SMILES string of the molecule is COc1cccc(Cn2nc(N)c3ccccc32)n1.